The van der Waals surface area contributed by atoms with E-state index in [-0.39, 0.29) is 18.5 Å². The van der Waals surface area contributed by atoms with E-state index in [1.165, 1.54) is 12.1 Å². The molecule has 0 spiro atoms. The van der Waals surface area contributed by atoms with Crippen LogP contribution in [0, 0.1) is 0 Å². The second-order valence-electron chi connectivity index (χ2n) is 8.06. The topological polar surface area (TPSA) is 56.5 Å². The average molecular weight is 451 g/mol. The molecular formula is C25H20F3N3O2. The number of ether oxygens (including phenoxy) is 1. The quantitative estimate of drug-likeness (QED) is 0.381. The first-order chi connectivity index (χ1) is 15.9. The number of benzene rings is 2. The van der Waals surface area contributed by atoms with Gasteiger partial charge in [-0.1, -0.05) is 42.5 Å². The molecule has 0 saturated heterocycles. The molecule has 2 aromatic carbocycles. The van der Waals surface area contributed by atoms with Crippen LogP contribution in [0.15, 0.2) is 73.1 Å². The molecule has 1 aliphatic rings. The molecule has 2 aromatic heterocycles. The van der Waals surface area contributed by atoms with Crippen molar-refractivity contribution in [2.24, 2.45) is 0 Å². The summed E-state index contributed by atoms with van der Waals surface area (Å²) in [5.74, 6) is -0.389. The van der Waals surface area contributed by atoms with Crippen LogP contribution in [0.1, 0.15) is 36.1 Å². The summed E-state index contributed by atoms with van der Waals surface area (Å²) in [7, 11) is 0. The molecule has 1 fully saturated rings. The highest BCUT2D eigenvalue weighted by atomic mass is 19.4. The third-order valence-corrected chi connectivity index (χ3v) is 6.18. The summed E-state index contributed by atoms with van der Waals surface area (Å²) < 4.78 is 45.9. The van der Waals surface area contributed by atoms with E-state index in [4.69, 9.17) is 4.74 Å². The predicted octanol–water partition coefficient (Wildman–Crippen LogP) is 5.40. The molecule has 168 valence electrons. The number of rotatable bonds is 5. The van der Waals surface area contributed by atoms with Crippen LogP contribution in [0.4, 0.5) is 13.2 Å². The maximum atomic E-state index is 13.2. The first-order valence-electron chi connectivity index (χ1n) is 10.6. The number of halogens is 3. The van der Waals surface area contributed by atoms with Crippen molar-refractivity contribution in [2.75, 3.05) is 6.61 Å². The second-order valence-corrected chi connectivity index (χ2v) is 8.06. The Bertz CT molecular complexity index is 1320. The molecular weight excluding hydrogens is 431 g/mol. The molecule has 1 saturated carbocycles. The Morgan fingerprint density at radius 2 is 1.85 bits per heavy atom. The zero-order valence-electron chi connectivity index (χ0n) is 17.7. The van der Waals surface area contributed by atoms with Crippen molar-refractivity contribution in [1.82, 2.24) is 14.6 Å². The normalized spacial score (nSPS) is 20.1. The summed E-state index contributed by atoms with van der Waals surface area (Å²) in [6.45, 7) is 2.02. The molecule has 5 nitrogen and oxygen atoms in total. The van der Waals surface area contributed by atoms with E-state index < -0.39 is 17.2 Å². The number of fused-ring (bicyclic) bond motifs is 1. The standard InChI is InChI=1S/C25H20F3N3O2/c1-2-33-23(32)24(14-20(24)17-6-4-3-5-7-17)21-12-13-29-22-19(15-30-31(21)22)16-8-10-18(11-9-16)25(26,27)28/h3-13,15,20H,2,14H2,1H3/t20-,24+/m0/s1. The van der Waals surface area contributed by atoms with Gasteiger partial charge in [0.15, 0.2) is 5.65 Å². The molecule has 0 unspecified atom stereocenters. The Kier molecular flexibility index (Phi) is 4.96. The summed E-state index contributed by atoms with van der Waals surface area (Å²) >= 11 is 0. The summed E-state index contributed by atoms with van der Waals surface area (Å²) in [6.07, 6.45) is -0.672. The Balaban J connectivity index is 1.60. The molecule has 33 heavy (non-hydrogen) atoms. The number of nitrogens with zero attached hydrogens (tertiary/aromatic N) is 3. The van der Waals surface area contributed by atoms with E-state index in [0.29, 0.717) is 28.9 Å². The highest BCUT2D eigenvalue weighted by molar-refractivity contribution is 5.89. The lowest BCUT2D eigenvalue weighted by molar-refractivity contribution is -0.146. The van der Waals surface area contributed by atoms with E-state index in [9.17, 15) is 18.0 Å². The number of hydrogen-bond acceptors (Lipinski definition) is 4. The first kappa shape index (κ1) is 21.2. The lowest BCUT2D eigenvalue weighted by atomic mass is 9.95. The van der Waals surface area contributed by atoms with Gasteiger partial charge in [0, 0.05) is 17.7 Å². The highest BCUT2D eigenvalue weighted by Crippen LogP contribution is 2.61. The van der Waals surface area contributed by atoms with E-state index in [0.717, 1.165) is 17.7 Å². The molecule has 0 bridgehead atoms. The van der Waals surface area contributed by atoms with Crippen LogP contribution in [0.5, 0.6) is 0 Å². The van der Waals surface area contributed by atoms with Gasteiger partial charge in [-0.25, -0.2) is 9.50 Å². The first-order valence-corrected chi connectivity index (χ1v) is 10.6. The Morgan fingerprint density at radius 1 is 1.12 bits per heavy atom. The summed E-state index contributed by atoms with van der Waals surface area (Å²) in [4.78, 5) is 17.6. The van der Waals surface area contributed by atoms with Gasteiger partial charge in [0.1, 0.15) is 5.41 Å². The molecule has 0 aliphatic heterocycles. The van der Waals surface area contributed by atoms with Gasteiger partial charge in [-0.05, 0) is 42.7 Å². The van der Waals surface area contributed by atoms with Crippen molar-refractivity contribution in [2.45, 2.75) is 30.9 Å². The molecule has 1 aliphatic carbocycles. The minimum Gasteiger partial charge on any atom is -0.465 e. The van der Waals surface area contributed by atoms with Gasteiger partial charge < -0.3 is 4.74 Å². The highest BCUT2D eigenvalue weighted by Gasteiger charge is 2.64. The third-order valence-electron chi connectivity index (χ3n) is 6.18. The van der Waals surface area contributed by atoms with Crippen molar-refractivity contribution in [3.8, 4) is 11.1 Å². The Labute approximate surface area is 187 Å². The van der Waals surface area contributed by atoms with Crippen LogP contribution >= 0.6 is 0 Å². The molecule has 2 heterocycles. The Morgan fingerprint density at radius 3 is 2.52 bits per heavy atom. The third kappa shape index (κ3) is 3.46. The maximum Gasteiger partial charge on any atom is 0.416 e. The van der Waals surface area contributed by atoms with Crippen molar-refractivity contribution in [3.05, 3.63) is 89.9 Å². The van der Waals surface area contributed by atoms with Crippen LogP contribution in [0.3, 0.4) is 0 Å². The molecule has 0 N–H and O–H groups in total. The molecule has 0 amide bonds. The van der Waals surface area contributed by atoms with Crippen LogP contribution in [-0.4, -0.2) is 27.2 Å². The molecule has 5 rings (SSSR count). The van der Waals surface area contributed by atoms with E-state index in [2.05, 4.69) is 10.1 Å². The monoisotopic (exact) mass is 451 g/mol. The fraction of sp³-hybridized carbons (Fsp3) is 0.240. The minimum atomic E-state index is -4.41. The number of carbonyl (C=O) groups excluding carboxylic acids is 1. The maximum absolute atomic E-state index is 13.2. The minimum absolute atomic E-state index is 0.0675. The van der Waals surface area contributed by atoms with Gasteiger partial charge in [0.05, 0.1) is 24.1 Å². The van der Waals surface area contributed by atoms with Gasteiger partial charge in [0.2, 0.25) is 0 Å². The predicted molar refractivity (Wildman–Crippen MR) is 116 cm³/mol. The van der Waals surface area contributed by atoms with Crippen LogP contribution in [-0.2, 0) is 21.1 Å². The second kappa shape index (κ2) is 7.72. The number of alkyl halides is 3. The smallest absolute Gasteiger partial charge is 0.416 e. The lowest BCUT2D eigenvalue weighted by Crippen LogP contribution is -2.28. The Hall–Kier alpha value is -3.68. The molecule has 8 heteroatoms. The van der Waals surface area contributed by atoms with Crippen LogP contribution in [0.2, 0.25) is 0 Å². The zero-order chi connectivity index (χ0) is 23.2. The number of aromatic nitrogens is 3. The van der Waals surface area contributed by atoms with Crippen molar-refractivity contribution in [3.63, 3.8) is 0 Å². The largest absolute Gasteiger partial charge is 0.465 e. The van der Waals surface area contributed by atoms with Gasteiger partial charge in [0.25, 0.3) is 0 Å². The van der Waals surface area contributed by atoms with Crippen molar-refractivity contribution < 1.29 is 22.7 Å². The molecule has 4 aromatic rings. The van der Waals surface area contributed by atoms with Gasteiger partial charge in [-0.15, -0.1) is 0 Å². The SMILES string of the molecule is CCOC(=O)[C@]1(c2ccnc3c(-c4ccc(C(F)(F)F)cc4)cnn23)C[C@H]1c1ccccc1. The van der Waals surface area contributed by atoms with Crippen LogP contribution < -0.4 is 0 Å². The summed E-state index contributed by atoms with van der Waals surface area (Å²) in [6, 6.07) is 16.4. The molecule has 0 radical (unpaired) electrons. The number of carbonyl (C=O) groups is 1. The van der Waals surface area contributed by atoms with Gasteiger partial charge in [-0.3, -0.25) is 4.79 Å². The van der Waals surface area contributed by atoms with Gasteiger partial charge >= 0.3 is 12.1 Å². The average Bonchev–Trinajstić information content (AvgIpc) is 3.43. The summed E-state index contributed by atoms with van der Waals surface area (Å²) in [5.41, 5.74) is 1.67. The van der Waals surface area contributed by atoms with E-state index >= 15 is 0 Å². The lowest BCUT2D eigenvalue weighted by Gasteiger charge is -2.18. The van der Waals surface area contributed by atoms with Gasteiger partial charge in [-0.2, -0.15) is 18.3 Å². The fourth-order valence-electron chi connectivity index (χ4n) is 4.50. The summed E-state index contributed by atoms with van der Waals surface area (Å²) in [5, 5.41) is 4.47. The van der Waals surface area contributed by atoms with Crippen LogP contribution in [0.25, 0.3) is 16.8 Å². The van der Waals surface area contributed by atoms with Crippen molar-refractivity contribution in [1.29, 1.82) is 0 Å². The zero-order valence-corrected chi connectivity index (χ0v) is 17.7. The number of hydrogen-bond donors (Lipinski definition) is 0. The van der Waals surface area contributed by atoms with E-state index in [1.807, 2.05) is 30.3 Å². The molecule has 2 atom stereocenters. The number of esters is 1. The van der Waals surface area contributed by atoms with Crippen molar-refractivity contribution >= 4 is 11.6 Å². The fourth-order valence-corrected chi connectivity index (χ4v) is 4.50. The van der Waals surface area contributed by atoms with E-state index in [1.54, 1.807) is 29.9 Å².